The third kappa shape index (κ3) is 3.76. The fraction of sp³-hybridized carbons (Fsp3) is 0.647. The van der Waals surface area contributed by atoms with Crippen molar-refractivity contribution in [2.24, 2.45) is 11.7 Å². The average molecular weight is 277 g/mol. The first-order chi connectivity index (χ1) is 9.02. The van der Waals surface area contributed by atoms with Gasteiger partial charge in [0.05, 0.1) is 0 Å². The van der Waals surface area contributed by atoms with Gasteiger partial charge in [0.25, 0.3) is 0 Å². The van der Waals surface area contributed by atoms with Gasteiger partial charge in [-0.25, -0.2) is 0 Å². The minimum absolute atomic E-state index is 0.234. The highest BCUT2D eigenvalue weighted by atomic mass is 32.2. The van der Waals surface area contributed by atoms with Gasteiger partial charge in [-0.15, -0.1) is 0 Å². The van der Waals surface area contributed by atoms with E-state index in [2.05, 4.69) is 56.8 Å². The van der Waals surface area contributed by atoms with E-state index in [1.54, 1.807) is 0 Å². The van der Waals surface area contributed by atoms with Crippen LogP contribution in [0.1, 0.15) is 50.7 Å². The molecule has 0 bridgehead atoms. The molecule has 2 N–H and O–H groups in total. The highest BCUT2D eigenvalue weighted by Crippen LogP contribution is 2.35. The molecule has 0 amide bonds. The average Bonchev–Trinajstić information content (AvgIpc) is 2.40. The van der Waals surface area contributed by atoms with E-state index in [0.717, 1.165) is 12.5 Å². The van der Waals surface area contributed by atoms with Crippen LogP contribution < -0.4 is 5.73 Å². The fourth-order valence-corrected chi connectivity index (χ4v) is 4.09. The molecule has 19 heavy (non-hydrogen) atoms. The Hall–Kier alpha value is -0.470. The van der Waals surface area contributed by atoms with Crippen LogP contribution in [0.4, 0.5) is 0 Å². The molecule has 1 unspecified atom stereocenters. The zero-order valence-corrected chi connectivity index (χ0v) is 13.3. The molecule has 1 saturated heterocycles. The summed E-state index contributed by atoms with van der Waals surface area (Å²) < 4.78 is 0. The van der Waals surface area contributed by atoms with Gasteiger partial charge < -0.3 is 5.73 Å². The second kappa shape index (κ2) is 6.32. The minimum atomic E-state index is 0.234. The van der Waals surface area contributed by atoms with Crippen LogP contribution in [0.15, 0.2) is 24.3 Å². The van der Waals surface area contributed by atoms with E-state index in [1.807, 2.05) is 0 Å². The molecule has 1 fully saturated rings. The molecule has 1 heterocycles. The van der Waals surface area contributed by atoms with Gasteiger partial charge in [-0.2, -0.15) is 11.8 Å². The molecule has 2 heteroatoms. The maximum atomic E-state index is 6.05. The summed E-state index contributed by atoms with van der Waals surface area (Å²) in [5.41, 5.74) is 9.13. The lowest BCUT2D eigenvalue weighted by molar-refractivity contribution is 0.400. The van der Waals surface area contributed by atoms with Crippen molar-refractivity contribution >= 4 is 11.8 Å². The van der Waals surface area contributed by atoms with E-state index in [-0.39, 0.29) is 5.41 Å². The van der Waals surface area contributed by atoms with Gasteiger partial charge >= 0.3 is 0 Å². The second-order valence-electron chi connectivity index (χ2n) is 6.66. The van der Waals surface area contributed by atoms with E-state index >= 15 is 0 Å². The summed E-state index contributed by atoms with van der Waals surface area (Å²) in [6, 6.07) is 9.19. The van der Waals surface area contributed by atoms with Crippen molar-refractivity contribution in [3.8, 4) is 0 Å². The molecule has 106 valence electrons. The van der Waals surface area contributed by atoms with Crippen LogP contribution in [-0.2, 0) is 5.41 Å². The van der Waals surface area contributed by atoms with E-state index in [1.165, 1.54) is 35.5 Å². The highest BCUT2D eigenvalue weighted by Gasteiger charge is 2.24. The van der Waals surface area contributed by atoms with Crippen molar-refractivity contribution in [2.75, 3.05) is 18.1 Å². The molecule has 1 aromatic rings. The lowest BCUT2D eigenvalue weighted by atomic mass is 9.80. The Labute approximate surface area is 122 Å². The topological polar surface area (TPSA) is 26.0 Å². The normalized spacial score (nSPS) is 19.4. The van der Waals surface area contributed by atoms with Crippen LogP contribution in [0, 0.1) is 5.92 Å². The van der Waals surface area contributed by atoms with Crippen molar-refractivity contribution in [3.63, 3.8) is 0 Å². The molecule has 1 atom stereocenters. The predicted octanol–water partition coefficient (Wildman–Crippen LogP) is 4.17. The Morgan fingerprint density at radius 3 is 2.21 bits per heavy atom. The van der Waals surface area contributed by atoms with Gasteiger partial charge in [0, 0.05) is 0 Å². The van der Waals surface area contributed by atoms with Crippen molar-refractivity contribution < 1.29 is 0 Å². The Morgan fingerprint density at radius 2 is 1.74 bits per heavy atom. The zero-order chi connectivity index (χ0) is 13.9. The third-order valence-corrected chi connectivity index (χ3v) is 5.34. The van der Waals surface area contributed by atoms with Crippen LogP contribution >= 0.6 is 11.8 Å². The molecule has 1 nitrogen and oxygen atoms in total. The number of thioether (sulfide) groups is 1. The maximum Gasteiger partial charge on any atom is -0.000555 e. The fourth-order valence-electron chi connectivity index (χ4n) is 2.95. The largest absolute Gasteiger partial charge is 0.330 e. The monoisotopic (exact) mass is 277 g/mol. The summed E-state index contributed by atoms with van der Waals surface area (Å²) in [7, 11) is 0. The standard InChI is InChI=1S/C17H27NS/c1-17(2,3)15-6-4-13(5-7-15)16(12-18)14-8-10-19-11-9-14/h4-7,14,16H,8-12,18H2,1-3H3. The third-order valence-electron chi connectivity index (χ3n) is 4.29. The molecule has 1 aromatic carbocycles. The van der Waals surface area contributed by atoms with Gasteiger partial charge in [-0.3, -0.25) is 0 Å². The molecular weight excluding hydrogens is 250 g/mol. The molecule has 0 saturated carbocycles. The lowest BCUT2D eigenvalue weighted by Gasteiger charge is -2.30. The summed E-state index contributed by atoms with van der Waals surface area (Å²) in [6.45, 7) is 7.58. The number of hydrogen-bond donors (Lipinski definition) is 1. The highest BCUT2D eigenvalue weighted by molar-refractivity contribution is 7.99. The lowest BCUT2D eigenvalue weighted by Crippen LogP contribution is -2.25. The van der Waals surface area contributed by atoms with Crippen LogP contribution in [0.3, 0.4) is 0 Å². The van der Waals surface area contributed by atoms with Gasteiger partial charge in [-0.05, 0) is 59.3 Å². The molecule has 2 rings (SSSR count). The second-order valence-corrected chi connectivity index (χ2v) is 7.89. The smallest absolute Gasteiger partial charge is 0.000555 e. The first-order valence-corrected chi connectivity index (χ1v) is 8.56. The number of rotatable bonds is 3. The van der Waals surface area contributed by atoms with Gasteiger partial charge in [-0.1, -0.05) is 45.0 Å². The van der Waals surface area contributed by atoms with Crippen molar-refractivity contribution in [2.45, 2.75) is 44.9 Å². The minimum Gasteiger partial charge on any atom is -0.330 e. The summed E-state index contributed by atoms with van der Waals surface area (Å²) in [6.07, 6.45) is 2.65. The van der Waals surface area contributed by atoms with Crippen LogP contribution in [-0.4, -0.2) is 18.1 Å². The summed E-state index contributed by atoms with van der Waals surface area (Å²) in [4.78, 5) is 0. The van der Waals surface area contributed by atoms with Crippen LogP contribution in [0.25, 0.3) is 0 Å². The molecular formula is C17H27NS. The Morgan fingerprint density at radius 1 is 1.16 bits per heavy atom. The Balaban J connectivity index is 2.14. The molecule has 0 aromatic heterocycles. The van der Waals surface area contributed by atoms with Crippen molar-refractivity contribution in [1.82, 2.24) is 0 Å². The number of hydrogen-bond acceptors (Lipinski definition) is 2. The summed E-state index contributed by atoms with van der Waals surface area (Å²) >= 11 is 2.09. The van der Waals surface area contributed by atoms with Gasteiger partial charge in [0.1, 0.15) is 0 Å². The summed E-state index contributed by atoms with van der Waals surface area (Å²) in [5.74, 6) is 3.95. The van der Waals surface area contributed by atoms with Gasteiger partial charge in [0.15, 0.2) is 0 Å². The van der Waals surface area contributed by atoms with E-state index < -0.39 is 0 Å². The Kier molecular flexibility index (Phi) is 4.97. The van der Waals surface area contributed by atoms with E-state index in [9.17, 15) is 0 Å². The SMILES string of the molecule is CC(C)(C)c1ccc(C(CN)C2CCSCC2)cc1. The summed E-state index contributed by atoms with van der Waals surface area (Å²) in [5, 5.41) is 0. The molecule has 0 spiro atoms. The molecule has 0 radical (unpaired) electrons. The van der Waals surface area contributed by atoms with Crippen LogP contribution in [0.5, 0.6) is 0 Å². The van der Waals surface area contributed by atoms with E-state index in [4.69, 9.17) is 5.73 Å². The van der Waals surface area contributed by atoms with Crippen LogP contribution in [0.2, 0.25) is 0 Å². The zero-order valence-electron chi connectivity index (χ0n) is 12.5. The molecule has 1 aliphatic rings. The quantitative estimate of drug-likeness (QED) is 0.897. The van der Waals surface area contributed by atoms with E-state index in [0.29, 0.717) is 5.92 Å². The number of benzene rings is 1. The van der Waals surface area contributed by atoms with Gasteiger partial charge in [0.2, 0.25) is 0 Å². The Bertz CT molecular complexity index is 385. The molecule has 1 aliphatic heterocycles. The van der Waals surface area contributed by atoms with Crippen molar-refractivity contribution in [1.29, 1.82) is 0 Å². The first kappa shape index (κ1) is 14.9. The maximum absolute atomic E-state index is 6.05. The van der Waals surface area contributed by atoms with Crippen molar-refractivity contribution in [3.05, 3.63) is 35.4 Å². The molecule has 0 aliphatic carbocycles. The number of nitrogens with two attached hydrogens (primary N) is 1. The predicted molar refractivity (Wildman–Crippen MR) is 87.0 cm³/mol. The first-order valence-electron chi connectivity index (χ1n) is 7.40.